The lowest BCUT2D eigenvalue weighted by Crippen LogP contribution is -2.41. The molecule has 1 aliphatic heterocycles. The highest BCUT2D eigenvalue weighted by Crippen LogP contribution is 2.36. The monoisotopic (exact) mass is 787 g/mol. The van der Waals surface area contributed by atoms with Crippen LogP contribution in [0.1, 0.15) is 62.2 Å². The van der Waals surface area contributed by atoms with E-state index in [-0.39, 0.29) is 61.0 Å². The van der Waals surface area contributed by atoms with Crippen molar-refractivity contribution in [3.63, 3.8) is 0 Å². The maximum atomic E-state index is 12.7. The fourth-order valence-corrected chi connectivity index (χ4v) is 5.86. The molecule has 1 saturated heterocycles. The van der Waals surface area contributed by atoms with Gasteiger partial charge in [0.25, 0.3) is 11.5 Å². The molecule has 306 valence electrons. The van der Waals surface area contributed by atoms with E-state index in [4.69, 9.17) is 24.5 Å². The number of carbonyl (C=O) groups excluding carboxylic acids is 2. The fraction of sp³-hybridized carbons (Fsp3) is 0.487. The summed E-state index contributed by atoms with van der Waals surface area (Å²) >= 11 is 0. The molecule has 8 N–H and O–H groups in total. The van der Waals surface area contributed by atoms with Crippen LogP contribution >= 0.6 is 0 Å². The molecule has 1 atom stereocenters. The Balaban J connectivity index is 0.878. The molecule has 4 aromatic rings. The van der Waals surface area contributed by atoms with E-state index in [0.717, 1.165) is 16.7 Å². The number of fused-ring (bicyclic) bond motifs is 1. The topological polar surface area (TPSA) is 237 Å². The van der Waals surface area contributed by atoms with Gasteiger partial charge >= 0.3 is 7.12 Å². The van der Waals surface area contributed by atoms with E-state index in [1.807, 2.05) is 45.9 Å². The van der Waals surface area contributed by atoms with Gasteiger partial charge in [0.1, 0.15) is 0 Å². The predicted molar refractivity (Wildman–Crippen MR) is 217 cm³/mol. The minimum absolute atomic E-state index is 0.0297. The summed E-state index contributed by atoms with van der Waals surface area (Å²) < 4.78 is 23.7. The standard InChI is InChI=1S/C39H54BN9O8/c1-38(2)39(3,4)57-40(56-38)31-8-6-5-7-28(31)22-42-15-17-54-19-20-55-18-16-43-32(51)14-9-26(25-50)21-46-35(52)27-10-12-29(13-11-27)44-23-30-24-45-34-33(47-30)36(53)49-37(41)48-34/h5-8,10-13,24,26,42,44,50H,9,14-23,25H2,1-4H3,(H,43,51)(H,46,52)(H3,41,45,48,49,53). The van der Waals surface area contributed by atoms with E-state index in [0.29, 0.717) is 63.7 Å². The molecular formula is C39H54BN9O8. The second kappa shape index (κ2) is 20.4. The number of benzene rings is 2. The Kier molecular flexibility index (Phi) is 15.5. The van der Waals surface area contributed by atoms with Crippen LogP contribution < -0.4 is 38.0 Å². The number of ether oxygens (including phenoxy) is 2. The van der Waals surface area contributed by atoms with Crippen molar-refractivity contribution >= 4 is 47.2 Å². The minimum atomic E-state index is -0.469. The highest BCUT2D eigenvalue weighted by Gasteiger charge is 2.52. The average molecular weight is 788 g/mol. The van der Waals surface area contributed by atoms with Crippen LogP contribution in [-0.2, 0) is 36.7 Å². The largest absolute Gasteiger partial charge is 0.495 e. The Labute approximate surface area is 332 Å². The lowest BCUT2D eigenvalue weighted by Gasteiger charge is -2.32. The lowest BCUT2D eigenvalue weighted by molar-refractivity contribution is -0.121. The van der Waals surface area contributed by atoms with Crippen molar-refractivity contribution in [2.45, 2.75) is 64.8 Å². The molecule has 0 saturated carbocycles. The van der Waals surface area contributed by atoms with Crippen molar-refractivity contribution in [3.05, 3.63) is 81.9 Å². The molecule has 0 spiro atoms. The molecule has 1 fully saturated rings. The van der Waals surface area contributed by atoms with Gasteiger partial charge in [-0.15, -0.1) is 0 Å². The fourth-order valence-electron chi connectivity index (χ4n) is 5.86. The maximum absolute atomic E-state index is 12.7. The van der Waals surface area contributed by atoms with Crippen LogP contribution in [-0.4, -0.2) is 108 Å². The number of nitrogens with one attached hydrogen (secondary N) is 5. The number of nitrogen functional groups attached to an aromatic ring is 1. The SMILES string of the molecule is CC1(C)OB(c2ccccc2CNCCOCCOCCNC(=O)CCC(CO)CNC(=O)c2ccc(NCc3cnc4nc(N)[nH]c(=O)c4n3)cc2)OC1(C)C. The summed E-state index contributed by atoms with van der Waals surface area (Å²) in [5.41, 5.74) is 8.37. The second-order valence-corrected chi connectivity index (χ2v) is 14.8. The van der Waals surface area contributed by atoms with E-state index < -0.39 is 23.9 Å². The molecule has 5 rings (SSSR count). The first-order chi connectivity index (χ1) is 27.3. The van der Waals surface area contributed by atoms with Gasteiger partial charge in [-0.3, -0.25) is 19.4 Å². The summed E-state index contributed by atoms with van der Waals surface area (Å²) in [4.78, 5) is 52.0. The van der Waals surface area contributed by atoms with Crippen LogP contribution in [0.5, 0.6) is 0 Å². The van der Waals surface area contributed by atoms with Gasteiger partial charge in [-0.25, -0.2) is 9.97 Å². The third-order valence-corrected chi connectivity index (χ3v) is 9.94. The number of aliphatic hydroxyl groups excluding tert-OH is 1. The predicted octanol–water partition coefficient (Wildman–Crippen LogP) is 1.26. The highest BCUT2D eigenvalue weighted by atomic mass is 16.7. The van der Waals surface area contributed by atoms with Crippen molar-refractivity contribution < 1.29 is 33.5 Å². The lowest BCUT2D eigenvalue weighted by atomic mass is 9.76. The summed E-state index contributed by atoms with van der Waals surface area (Å²) in [7, 11) is -0.409. The van der Waals surface area contributed by atoms with E-state index in [1.165, 1.54) is 6.20 Å². The van der Waals surface area contributed by atoms with Crippen LogP contribution in [0.25, 0.3) is 11.2 Å². The van der Waals surface area contributed by atoms with Gasteiger partial charge in [-0.05, 0) is 75.3 Å². The number of anilines is 2. The molecule has 2 amide bonds. The molecule has 18 heteroatoms. The molecule has 2 aromatic carbocycles. The summed E-state index contributed by atoms with van der Waals surface area (Å²) in [6.07, 6.45) is 2.12. The summed E-state index contributed by atoms with van der Waals surface area (Å²) in [5.74, 6) is -0.766. The third kappa shape index (κ3) is 12.5. The normalized spacial score (nSPS) is 15.1. The molecular weight excluding hydrogens is 733 g/mol. The number of H-pyrrole nitrogens is 1. The second-order valence-electron chi connectivity index (χ2n) is 14.8. The Morgan fingerprint density at radius 1 is 0.930 bits per heavy atom. The van der Waals surface area contributed by atoms with Gasteiger partial charge < -0.3 is 50.9 Å². The minimum Gasteiger partial charge on any atom is -0.399 e. The summed E-state index contributed by atoms with van der Waals surface area (Å²) in [6.45, 7) is 11.9. The van der Waals surface area contributed by atoms with Crippen molar-refractivity contribution in [1.82, 2.24) is 35.9 Å². The van der Waals surface area contributed by atoms with Crippen LogP contribution in [0, 0.1) is 5.92 Å². The molecule has 57 heavy (non-hydrogen) atoms. The van der Waals surface area contributed by atoms with Crippen LogP contribution in [0.3, 0.4) is 0 Å². The number of aromatic amines is 1. The third-order valence-electron chi connectivity index (χ3n) is 9.94. The number of amides is 2. The Morgan fingerprint density at radius 3 is 2.35 bits per heavy atom. The molecule has 1 aliphatic rings. The van der Waals surface area contributed by atoms with Gasteiger partial charge in [-0.1, -0.05) is 24.3 Å². The zero-order chi connectivity index (χ0) is 40.8. The van der Waals surface area contributed by atoms with Crippen molar-refractivity contribution in [2.24, 2.45) is 5.92 Å². The van der Waals surface area contributed by atoms with Gasteiger partial charge in [0.2, 0.25) is 11.9 Å². The van der Waals surface area contributed by atoms with E-state index in [2.05, 4.69) is 47.3 Å². The van der Waals surface area contributed by atoms with Crippen molar-refractivity contribution in [3.8, 4) is 0 Å². The van der Waals surface area contributed by atoms with E-state index in [1.54, 1.807) is 24.3 Å². The number of aromatic nitrogens is 4. The zero-order valence-corrected chi connectivity index (χ0v) is 33.1. The number of hydrogen-bond acceptors (Lipinski definition) is 14. The van der Waals surface area contributed by atoms with Gasteiger partial charge in [0, 0.05) is 50.5 Å². The van der Waals surface area contributed by atoms with E-state index in [9.17, 15) is 19.5 Å². The molecule has 2 aromatic heterocycles. The molecule has 3 heterocycles. The van der Waals surface area contributed by atoms with Crippen LogP contribution in [0.4, 0.5) is 11.6 Å². The first-order valence-electron chi connectivity index (χ1n) is 19.2. The van der Waals surface area contributed by atoms with Gasteiger partial charge in [0.15, 0.2) is 11.2 Å². The number of nitrogens with two attached hydrogens (primary N) is 1. The molecule has 0 bridgehead atoms. The smallest absolute Gasteiger partial charge is 0.399 e. The Hall–Kier alpha value is -4.98. The first kappa shape index (κ1) is 43.2. The van der Waals surface area contributed by atoms with Crippen LogP contribution in [0.2, 0.25) is 0 Å². The molecule has 0 radical (unpaired) electrons. The maximum Gasteiger partial charge on any atom is 0.495 e. The number of aliphatic hydroxyl groups is 1. The molecule has 0 aliphatic carbocycles. The van der Waals surface area contributed by atoms with E-state index >= 15 is 0 Å². The number of nitrogens with zero attached hydrogens (tertiary/aromatic N) is 3. The first-order valence-corrected chi connectivity index (χ1v) is 19.2. The number of hydrogen-bond donors (Lipinski definition) is 7. The molecule has 1 unspecified atom stereocenters. The quantitative estimate of drug-likeness (QED) is 0.0439. The molecule has 17 nitrogen and oxygen atoms in total. The zero-order valence-electron chi connectivity index (χ0n) is 33.1. The highest BCUT2D eigenvalue weighted by molar-refractivity contribution is 6.62. The average Bonchev–Trinajstić information content (AvgIpc) is 3.41. The Bertz CT molecular complexity index is 1980. The number of rotatable bonds is 22. The summed E-state index contributed by atoms with van der Waals surface area (Å²) in [6, 6.07) is 14.9. The number of carbonyl (C=O) groups is 2. The van der Waals surface area contributed by atoms with Crippen molar-refractivity contribution in [1.29, 1.82) is 0 Å². The van der Waals surface area contributed by atoms with Crippen LogP contribution in [0.15, 0.2) is 59.5 Å². The van der Waals surface area contributed by atoms with Gasteiger partial charge in [-0.2, -0.15) is 4.98 Å². The summed E-state index contributed by atoms with van der Waals surface area (Å²) in [5, 5.41) is 22.1. The van der Waals surface area contributed by atoms with Gasteiger partial charge in [0.05, 0.1) is 56.1 Å². The van der Waals surface area contributed by atoms with Crippen molar-refractivity contribution in [2.75, 3.05) is 63.7 Å². The Morgan fingerprint density at radius 2 is 1.63 bits per heavy atom.